The Kier molecular flexibility index (Phi) is 7.18. The van der Waals surface area contributed by atoms with Gasteiger partial charge < -0.3 is 25.6 Å². The molecule has 0 aromatic heterocycles. The number of primary amides is 1. The van der Waals surface area contributed by atoms with Gasteiger partial charge in [0.15, 0.2) is 23.1 Å². The number of benzene rings is 3. The highest BCUT2D eigenvalue weighted by molar-refractivity contribution is 6.21. The van der Waals surface area contributed by atoms with Gasteiger partial charge in [-0.05, 0) is 42.0 Å². The van der Waals surface area contributed by atoms with Crippen LogP contribution in [0.5, 0.6) is 11.5 Å². The van der Waals surface area contributed by atoms with E-state index in [-0.39, 0.29) is 12.4 Å². The number of amides is 3. The molecule has 0 radical (unpaired) electrons. The van der Waals surface area contributed by atoms with Crippen LogP contribution in [0.4, 0.5) is 14.5 Å². The third kappa shape index (κ3) is 5.08. The molecule has 0 bridgehead atoms. The third-order valence-electron chi connectivity index (χ3n) is 6.62. The van der Waals surface area contributed by atoms with Gasteiger partial charge in [0.25, 0.3) is 5.91 Å². The number of benzodiazepines with no additional fused rings is 1. The fourth-order valence-electron chi connectivity index (χ4n) is 4.51. The summed E-state index contributed by atoms with van der Waals surface area (Å²) in [6.07, 6.45) is -3.05. The van der Waals surface area contributed by atoms with E-state index in [9.17, 15) is 28.3 Å². The minimum atomic E-state index is -1.53. The maximum atomic E-state index is 13.7. The first-order valence-electron chi connectivity index (χ1n) is 12.2. The van der Waals surface area contributed by atoms with Gasteiger partial charge in [-0.15, -0.1) is 0 Å². The van der Waals surface area contributed by atoms with Crippen molar-refractivity contribution in [1.82, 2.24) is 5.32 Å². The number of aliphatic imine (C=N–C) groups is 1. The smallest absolute Gasteiger partial charge is 0.272 e. The summed E-state index contributed by atoms with van der Waals surface area (Å²) >= 11 is 0. The summed E-state index contributed by atoms with van der Waals surface area (Å²) in [5.74, 6) is -4.82. The van der Waals surface area contributed by atoms with E-state index in [1.165, 1.54) is 6.92 Å². The monoisotopic (exact) mass is 550 g/mol. The molecule has 2 aliphatic heterocycles. The van der Waals surface area contributed by atoms with Gasteiger partial charge in [0.05, 0.1) is 23.4 Å². The van der Waals surface area contributed by atoms with Crippen molar-refractivity contribution in [2.45, 2.75) is 19.2 Å². The second-order valence-corrected chi connectivity index (χ2v) is 9.27. The zero-order valence-corrected chi connectivity index (χ0v) is 21.1. The fraction of sp³-hybridized carbons (Fsp3) is 0.214. The Labute approximate surface area is 227 Å². The number of rotatable bonds is 7. The van der Waals surface area contributed by atoms with Crippen molar-refractivity contribution in [3.05, 3.63) is 89.0 Å². The Morgan fingerprint density at radius 3 is 2.60 bits per heavy atom. The Morgan fingerprint density at radius 1 is 1.10 bits per heavy atom. The SMILES string of the molecule is C[C@@H](C(=O)NC1N=C(c2ccc3c(c2)OCO3)c2ccccc2N(CC(N)=O)C1=O)[C@@H](O)c1ccc(F)c(F)c1. The summed E-state index contributed by atoms with van der Waals surface area (Å²) in [5.41, 5.74) is 7.10. The van der Waals surface area contributed by atoms with Crippen LogP contribution in [0.3, 0.4) is 0 Å². The molecule has 2 aliphatic rings. The number of carbonyl (C=O) groups is 3. The van der Waals surface area contributed by atoms with Gasteiger partial charge in [0.2, 0.25) is 24.8 Å². The number of fused-ring (bicyclic) bond motifs is 2. The van der Waals surface area contributed by atoms with Crippen molar-refractivity contribution in [2.75, 3.05) is 18.2 Å². The summed E-state index contributed by atoms with van der Waals surface area (Å²) in [4.78, 5) is 44.6. The Bertz CT molecular complexity index is 1540. The molecule has 0 fully saturated rings. The topological polar surface area (TPSA) is 144 Å². The molecule has 3 aromatic rings. The van der Waals surface area contributed by atoms with E-state index in [1.807, 2.05) is 0 Å². The number of halogens is 2. The number of para-hydroxylation sites is 1. The molecule has 3 atom stereocenters. The number of nitrogens with zero attached hydrogens (tertiary/aromatic N) is 2. The molecule has 2 heterocycles. The summed E-state index contributed by atoms with van der Waals surface area (Å²) in [6.45, 7) is 0.920. The van der Waals surface area contributed by atoms with Crippen LogP contribution in [-0.2, 0) is 14.4 Å². The Hall–Kier alpha value is -4.84. The van der Waals surface area contributed by atoms with E-state index in [0.29, 0.717) is 34.0 Å². The molecule has 40 heavy (non-hydrogen) atoms. The minimum absolute atomic E-state index is 0.0268. The van der Waals surface area contributed by atoms with Gasteiger partial charge in [-0.1, -0.05) is 31.2 Å². The molecule has 0 saturated carbocycles. The van der Waals surface area contributed by atoms with Crippen LogP contribution in [0.25, 0.3) is 0 Å². The molecular weight excluding hydrogens is 526 g/mol. The van der Waals surface area contributed by atoms with Gasteiger partial charge in [0.1, 0.15) is 6.54 Å². The second-order valence-electron chi connectivity index (χ2n) is 9.27. The van der Waals surface area contributed by atoms with E-state index in [4.69, 9.17) is 15.2 Å². The lowest BCUT2D eigenvalue weighted by atomic mass is 9.96. The van der Waals surface area contributed by atoms with E-state index >= 15 is 0 Å². The quantitative estimate of drug-likeness (QED) is 0.412. The predicted octanol–water partition coefficient (Wildman–Crippen LogP) is 2.17. The van der Waals surface area contributed by atoms with Crippen LogP contribution in [-0.4, -0.2) is 48.0 Å². The highest BCUT2D eigenvalue weighted by Crippen LogP contribution is 2.35. The van der Waals surface area contributed by atoms with Gasteiger partial charge in [-0.25, -0.2) is 13.8 Å². The number of nitrogens with one attached hydrogen (secondary N) is 1. The van der Waals surface area contributed by atoms with E-state index in [2.05, 4.69) is 10.3 Å². The molecule has 10 nitrogen and oxygen atoms in total. The van der Waals surface area contributed by atoms with Crippen LogP contribution in [0.15, 0.2) is 65.7 Å². The number of aliphatic hydroxyl groups is 1. The first-order chi connectivity index (χ1) is 19.1. The van der Waals surface area contributed by atoms with Crippen molar-refractivity contribution in [2.24, 2.45) is 16.6 Å². The van der Waals surface area contributed by atoms with Gasteiger partial charge >= 0.3 is 0 Å². The van der Waals surface area contributed by atoms with E-state index in [0.717, 1.165) is 23.1 Å². The maximum absolute atomic E-state index is 13.7. The normalized spacial score (nSPS) is 17.4. The third-order valence-corrected chi connectivity index (χ3v) is 6.62. The van der Waals surface area contributed by atoms with Gasteiger partial charge in [0, 0.05) is 11.1 Å². The second kappa shape index (κ2) is 10.7. The number of anilines is 1. The van der Waals surface area contributed by atoms with Crippen LogP contribution >= 0.6 is 0 Å². The molecule has 206 valence electrons. The van der Waals surface area contributed by atoms with Crippen LogP contribution < -0.4 is 25.4 Å². The molecule has 12 heteroatoms. The predicted molar refractivity (Wildman–Crippen MR) is 139 cm³/mol. The first kappa shape index (κ1) is 26.8. The minimum Gasteiger partial charge on any atom is -0.454 e. The Balaban J connectivity index is 1.53. The number of nitrogens with two attached hydrogens (primary N) is 1. The lowest BCUT2D eigenvalue weighted by molar-refractivity contribution is -0.132. The molecule has 3 amide bonds. The highest BCUT2D eigenvalue weighted by Gasteiger charge is 2.36. The number of ether oxygens (including phenoxy) is 2. The largest absolute Gasteiger partial charge is 0.454 e. The summed E-state index contributed by atoms with van der Waals surface area (Å²) < 4.78 is 38.0. The molecule has 1 unspecified atom stereocenters. The van der Waals surface area contributed by atoms with Crippen LogP contribution in [0.1, 0.15) is 29.7 Å². The van der Waals surface area contributed by atoms with Gasteiger partial charge in [-0.3, -0.25) is 19.3 Å². The molecule has 4 N–H and O–H groups in total. The molecule has 5 rings (SSSR count). The lowest BCUT2D eigenvalue weighted by Crippen LogP contribution is -2.51. The van der Waals surface area contributed by atoms with Crippen molar-refractivity contribution >= 4 is 29.1 Å². The van der Waals surface area contributed by atoms with Crippen molar-refractivity contribution < 1.29 is 37.7 Å². The summed E-state index contributed by atoms with van der Waals surface area (Å²) in [7, 11) is 0. The van der Waals surface area contributed by atoms with Crippen molar-refractivity contribution in [1.29, 1.82) is 0 Å². The zero-order valence-electron chi connectivity index (χ0n) is 21.1. The molecular formula is C28H24F2N4O6. The van der Waals surface area contributed by atoms with Crippen molar-refractivity contribution in [3.63, 3.8) is 0 Å². The van der Waals surface area contributed by atoms with Crippen molar-refractivity contribution in [3.8, 4) is 11.5 Å². The number of hydrogen-bond acceptors (Lipinski definition) is 7. The number of aliphatic hydroxyl groups excluding tert-OH is 1. The van der Waals surface area contributed by atoms with Crippen LogP contribution in [0.2, 0.25) is 0 Å². The summed E-state index contributed by atoms with van der Waals surface area (Å²) in [6, 6.07) is 14.6. The number of carbonyl (C=O) groups excluding carboxylic acids is 3. The molecule has 0 saturated heterocycles. The fourth-order valence-corrected chi connectivity index (χ4v) is 4.51. The lowest BCUT2D eigenvalue weighted by Gasteiger charge is -2.25. The maximum Gasteiger partial charge on any atom is 0.272 e. The standard InChI is InChI=1S/C28H24F2N4O6/c1-14(25(36)16-6-8-18(29)19(30)10-16)27(37)33-26-28(38)34(12-23(31)35)20-5-3-2-4-17(20)24(32-26)15-7-9-21-22(11-15)40-13-39-21/h2-11,14,25-26,36H,12-13H2,1H3,(H2,31,35)(H,33,37)/t14-,25-,26?/m1/s1. The highest BCUT2D eigenvalue weighted by atomic mass is 19.2. The van der Waals surface area contributed by atoms with E-state index < -0.39 is 54.1 Å². The van der Waals surface area contributed by atoms with E-state index in [1.54, 1.807) is 42.5 Å². The first-order valence-corrected chi connectivity index (χ1v) is 12.2. The summed E-state index contributed by atoms with van der Waals surface area (Å²) in [5, 5.41) is 13.2. The zero-order chi connectivity index (χ0) is 28.6. The molecule has 0 spiro atoms. The average Bonchev–Trinajstić information content (AvgIpc) is 3.38. The van der Waals surface area contributed by atoms with Gasteiger partial charge in [-0.2, -0.15) is 0 Å². The molecule has 0 aliphatic carbocycles. The average molecular weight is 551 g/mol. The van der Waals surface area contributed by atoms with Crippen LogP contribution in [0, 0.1) is 17.6 Å². The number of hydrogen-bond donors (Lipinski definition) is 3. The Morgan fingerprint density at radius 2 is 1.85 bits per heavy atom. The molecule has 3 aromatic carbocycles.